The van der Waals surface area contributed by atoms with Gasteiger partial charge in [0.15, 0.2) is 0 Å². The zero-order chi connectivity index (χ0) is 15.8. The molecule has 0 aliphatic heterocycles. The summed E-state index contributed by atoms with van der Waals surface area (Å²) in [5.74, 6) is -2.11. The average Bonchev–Trinajstić information content (AvgIpc) is 2.81. The molecule has 3 nitrogen and oxygen atoms in total. The number of rotatable bonds is 3. The van der Waals surface area contributed by atoms with Gasteiger partial charge in [0.05, 0.1) is 11.3 Å². The summed E-state index contributed by atoms with van der Waals surface area (Å²) in [4.78, 5) is 14.8. The van der Waals surface area contributed by atoms with Crippen LogP contribution in [0.3, 0.4) is 0 Å². The van der Waals surface area contributed by atoms with Gasteiger partial charge in [-0.25, -0.2) is 14.2 Å². The van der Waals surface area contributed by atoms with E-state index in [9.17, 15) is 22.4 Å². The molecule has 8 heteroatoms. The molecule has 0 atom stereocenters. The third-order valence-electron chi connectivity index (χ3n) is 2.74. The molecule has 0 bridgehead atoms. The van der Waals surface area contributed by atoms with Crippen LogP contribution in [0.1, 0.15) is 27.9 Å². The number of hydrogen-bond acceptors (Lipinski definition) is 3. The Bertz CT molecular complexity index is 694. The van der Waals surface area contributed by atoms with Crippen molar-refractivity contribution in [3.8, 4) is 10.6 Å². The van der Waals surface area contributed by atoms with Gasteiger partial charge in [0.2, 0.25) is 0 Å². The highest BCUT2D eigenvalue weighted by Gasteiger charge is 2.35. The molecule has 0 radical (unpaired) electrons. The number of carbonyl (C=O) groups is 1. The molecule has 0 saturated heterocycles. The molecule has 0 saturated carbocycles. The van der Waals surface area contributed by atoms with Crippen molar-refractivity contribution in [1.29, 1.82) is 0 Å². The Labute approximate surface area is 120 Å². The Hall–Kier alpha value is -1.96. The maximum atomic E-state index is 13.3. The van der Waals surface area contributed by atoms with Gasteiger partial charge in [0, 0.05) is 5.56 Å². The summed E-state index contributed by atoms with van der Waals surface area (Å²) in [7, 11) is 0. The van der Waals surface area contributed by atoms with Crippen LogP contribution in [0, 0.1) is 5.82 Å². The van der Waals surface area contributed by atoms with Crippen LogP contribution in [0.2, 0.25) is 0 Å². The van der Waals surface area contributed by atoms with E-state index in [1.54, 1.807) is 6.92 Å². The number of alkyl halides is 3. The molecule has 112 valence electrons. The molecule has 0 aliphatic carbocycles. The quantitative estimate of drug-likeness (QED) is 0.861. The summed E-state index contributed by atoms with van der Waals surface area (Å²) in [6.07, 6.45) is -4.42. The zero-order valence-electron chi connectivity index (χ0n) is 10.7. The molecule has 0 fully saturated rings. The highest BCUT2D eigenvalue weighted by atomic mass is 32.1. The van der Waals surface area contributed by atoms with E-state index in [1.807, 2.05) is 0 Å². The van der Waals surface area contributed by atoms with Gasteiger partial charge in [-0.15, -0.1) is 11.3 Å². The van der Waals surface area contributed by atoms with Crippen LogP contribution in [0.25, 0.3) is 10.6 Å². The fraction of sp³-hybridized carbons (Fsp3) is 0.231. The molecule has 2 aromatic rings. The molecule has 0 amide bonds. The molecule has 1 aromatic carbocycles. The summed E-state index contributed by atoms with van der Waals surface area (Å²) >= 11 is 0.607. The standard InChI is InChI=1S/C13H9F4NO2S/c1-2-9-10(12(19)20)21-11(18-9)7-5-6(14)3-4-8(7)13(15,16)17/h3-5H,2H2,1H3,(H,19,20). The van der Waals surface area contributed by atoms with Crippen LogP contribution in [-0.4, -0.2) is 16.1 Å². The smallest absolute Gasteiger partial charge is 0.417 e. The predicted molar refractivity (Wildman–Crippen MR) is 68.8 cm³/mol. The van der Waals surface area contributed by atoms with Crippen molar-refractivity contribution < 1.29 is 27.5 Å². The lowest BCUT2D eigenvalue weighted by molar-refractivity contribution is -0.137. The van der Waals surface area contributed by atoms with Crippen molar-refractivity contribution in [2.24, 2.45) is 0 Å². The largest absolute Gasteiger partial charge is 0.477 e. The number of thiazole rings is 1. The molecule has 1 aromatic heterocycles. The maximum Gasteiger partial charge on any atom is 0.417 e. The highest BCUT2D eigenvalue weighted by Crippen LogP contribution is 2.39. The van der Waals surface area contributed by atoms with Gasteiger partial charge in [-0.1, -0.05) is 6.92 Å². The Balaban J connectivity index is 2.67. The number of carboxylic acid groups (broad SMARTS) is 1. The van der Waals surface area contributed by atoms with Gasteiger partial charge >= 0.3 is 12.1 Å². The highest BCUT2D eigenvalue weighted by molar-refractivity contribution is 7.17. The third kappa shape index (κ3) is 3.05. The first kappa shape index (κ1) is 15.4. The Morgan fingerprint density at radius 2 is 2.05 bits per heavy atom. The Kier molecular flexibility index (Phi) is 3.99. The second kappa shape index (κ2) is 5.44. The molecule has 1 N–H and O–H groups in total. The van der Waals surface area contributed by atoms with Gasteiger partial charge in [-0.05, 0) is 24.6 Å². The minimum Gasteiger partial charge on any atom is -0.477 e. The number of halogens is 4. The van der Waals surface area contributed by atoms with Crippen LogP contribution < -0.4 is 0 Å². The number of nitrogens with zero attached hydrogens (tertiary/aromatic N) is 1. The van der Waals surface area contributed by atoms with E-state index in [-0.39, 0.29) is 22.0 Å². The third-order valence-corrected chi connectivity index (χ3v) is 3.86. The van der Waals surface area contributed by atoms with Crippen LogP contribution >= 0.6 is 11.3 Å². The van der Waals surface area contributed by atoms with Crippen molar-refractivity contribution >= 4 is 17.3 Å². The van der Waals surface area contributed by atoms with Crippen LogP contribution in [-0.2, 0) is 12.6 Å². The van der Waals surface area contributed by atoms with Gasteiger partial charge in [0.1, 0.15) is 15.7 Å². The van der Waals surface area contributed by atoms with Gasteiger partial charge in [0.25, 0.3) is 0 Å². The van der Waals surface area contributed by atoms with E-state index in [0.717, 1.165) is 0 Å². The predicted octanol–water partition coefficient (Wildman–Crippen LogP) is 4.23. The minimum absolute atomic E-state index is 0.134. The summed E-state index contributed by atoms with van der Waals surface area (Å²) < 4.78 is 52.1. The summed E-state index contributed by atoms with van der Waals surface area (Å²) in [5, 5.41) is 8.86. The van der Waals surface area contributed by atoms with Gasteiger partial charge in [-0.2, -0.15) is 13.2 Å². The molecule has 1 heterocycles. The second-order valence-electron chi connectivity index (χ2n) is 4.14. The first-order chi connectivity index (χ1) is 9.74. The first-order valence-electron chi connectivity index (χ1n) is 5.84. The molecular weight excluding hydrogens is 310 g/mol. The lowest BCUT2D eigenvalue weighted by Crippen LogP contribution is -2.07. The van der Waals surface area contributed by atoms with Crippen molar-refractivity contribution in [2.75, 3.05) is 0 Å². The minimum atomic E-state index is -4.68. The summed E-state index contributed by atoms with van der Waals surface area (Å²) in [6, 6.07) is 2.05. The van der Waals surface area contributed by atoms with Crippen LogP contribution in [0.15, 0.2) is 18.2 Å². The normalized spacial score (nSPS) is 11.7. The second-order valence-corrected chi connectivity index (χ2v) is 5.14. The lowest BCUT2D eigenvalue weighted by atomic mass is 10.1. The van der Waals surface area contributed by atoms with Gasteiger partial charge in [-0.3, -0.25) is 0 Å². The average molecular weight is 319 g/mol. The summed E-state index contributed by atoms with van der Waals surface area (Å²) in [6.45, 7) is 1.64. The lowest BCUT2D eigenvalue weighted by Gasteiger charge is -2.10. The number of aromatic nitrogens is 1. The fourth-order valence-electron chi connectivity index (χ4n) is 1.81. The molecule has 0 unspecified atom stereocenters. The monoisotopic (exact) mass is 319 g/mol. The maximum absolute atomic E-state index is 13.3. The number of benzene rings is 1. The zero-order valence-corrected chi connectivity index (χ0v) is 11.5. The number of carboxylic acids is 1. The van der Waals surface area contributed by atoms with E-state index in [0.29, 0.717) is 29.5 Å². The molecule has 0 spiro atoms. The number of hydrogen-bond donors (Lipinski definition) is 1. The molecule has 0 aliphatic rings. The van der Waals surface area contributed by atoms with E-state index in [2.05, 4.69) is 4.98 Å². The molecular formula is C13H9F4NO2S. The SMILES string of the molecule is CCc1nc(-c2cc(F)ccc2C(F)(F)F)sc1C(=O)O. The fourth-order valence-corrected chi connectivity index (χ4v) is 2.84. The number of aromatic carboxylic acids is 1. The summed E-state index contributed by atoms with van der Waals surface area (Å²) in [5.41, 5.74) is -1.31. The van der Waals surface area contributed by atoms with E-state index in [1.165, 1.54) is 0 Å². The Morgan fingerprint density at radius 3 is 2.52 bits per heavy atom. The first-order valence-corrected chi connectivity index (χ1v) is 6.65. The van der Waals surface area contributed by atoms with E-state index in [4.69, 9.17) is 5.11 Å². The molecule has 21 heavy (non-hydrogen) atoms. The van der Waals surface area contributed by atoms with Crippen molar-refractivity contribution in [1.82, 2.24) is 4.98 Å². The molecule has 2 rings (SSSR count). The van der Waals surface area contributed by atoms with Crippen LogP contribution in [0.4, 0.5) is 17.6 Å². The van der Waals surface area contributed by atoms with Crippen molar-refractivity contribution in [3.63, 3.8) is 0 Å². The van der Waals surface area contributed by atoms with Crippen LogP contribution in [0.5, 0.6) is 0 Å². The van der Waals surface area contributed by atoms with Gasteiger partial charge < -0.3 is 5.11 Å². The van der Waals surface area contributed by atoms with Crippen molar-refractivity contribution in [2.45, 2.75) is 19.5 Å². The van der Waals surface area contributed by atoms with E-state index >= 15 is 0 Å². The topological polar surface area (TPSA) is 50.2 Å². The van der Waals surface area contributed by atoms with E-state index < -0.39 is 29.1 Å². The number of aryl methyl sites for hydroxylation is 1. The van der Waals surface area contributed by atoms with Crippen molar-refractivity contribution in [3.05, 3.63) is 40.2 Å². The Morgan fingerprint density at radius 1 is 1.38 bits per heavy atom.